The summed E-state index contributed by atoms with van der Waals surface area (Å²) in [7, 11) is 0. The number of hydrogen-bond acceptors (Lipinski definition) is 4. The van der Waals surface area contributed by atoms with Crippen LogP contribution < -0.4 is 10.6 Å². The van der Waals surface area contributed by atoms with Gasteiger partial charge in [-0.05, 0) is 12.5 Å². The number of aliphatic carboxylic acids is 1. The number of carbonyl (C=O) groups is 2. The first kappa shape index (κ1) is 15.0. The van der Waals surface area contributed by atoms with Gasteiger partial charge in [-0.2, -0.15) is 0 Å². The SMILES string of the molecule is Cc1csc(CNC(=O)N[C@H](C(=O)O)c2ccccc2)n1. The Morgan fingerprint density at radius 2 is 2.05 bits per heavy atom. The first-order valence-electron chi connectivity index (χ1n) is 6.29. The van der Waals surface area contributed by atoms with Crippen LogP contribution in [0.15, 0.2) is 35.7 Å². The summed E-state index contributed by atoms with van der Waals surface area (Å²) in [6.07, 6.45) is 0. The molecule has 0 fully saturated rings. The zero-order chi connectivity index (χ0) is 15.2. The van der Waals surface area contributed by atoms with E-state index < -0.39 is 18.0 Å². The lowest BCUT2D eigenvalue weighted by Crippen LogP contribution is -2.40. The Morgan fingerprint density at radius 3 is 2.62 bits per heavy atom. The predicted molar refractivity (Wildman–Crippen MR) is 79.0 cm³/mol. The quantitative estimate of drug-likeness (QED) is 0.788. The number of carbonyl (C=O) groups excluding carboxylic acids is 1. The first-order chi connectivity index (χ1) is 10.1. The summed E-state index contributed by atoms with van der Waals surface area (Å²) in [5, 5.41) is 16.9. The number of aryl methyl sites for hydroxylation is 1. The van der Waals surface area contributed by atoms with Gasteiger partial charge in [0, 0.05) is 11.1 Å². The molecular weight excluding hydrogens is 290 g/mol. The highest BCUT2D eigenvalue weighted by molar-refractivity contribution is 7.09. The molecule has 0 bridgehead atoms. The van der Waals surface area contributed by atoms with E-state index in [0.29, 0.717) is 5.56 Å². The van der Waals surface area contributed by atoms with E-state index in [4.69, 9.17) is 0 Å². The van der Waals surface area contributed by atoms with E-state index in [-0.39, 0.29) is 6.54 Å². The van der Waals surface area contributed by atoms with Crippen LogP contribution >= 0.6 is 11.3 Å². The molecule has 0 aliphatic heterocycles. The van der Waals surface area contributed by atoms with Gasteiger partial charge in [0.1, 0.15) is 5.01 Å². The number of hydrogen-bond donors (Lipinski definition) is 3. The van der Waals surface area contributed by atoms with Gasteiger partial charge in [0.05, 0.1) is 6.54 Å². The minimum atomic E-state index is -1.11. The van der Waals surface area contributed by atoms with Crippen LogP contribution in [0.5, 0.6) is 0 Å². The highest BCUT2D eigenvalue weighted by Crippen LogP contribution is 2.12. The van der Waals surface area contributed by atoms with Crippen LogP contribution in [0.2, 0.25) is 0 Å². The molecular formula is C14H15N3O3S. The third-order valence-electron chi connectivity index (χ3n) is 2.72. The van der Waals surface area contributed by atoms with Crippen molar-refractivity contribution in [2.24, 2.45) is 0 Å². The molecule has 3 N–H and O–H groups in total. The topological polar surface area (TPSA) is 91.3 Å². The number of aromatic nitrogens is 1. The molecule has 110 valence electrons. The zero-order valence-corrected chi connectivity index (χ0v) is 12.2. The Kier molecular flexibility index (Phi) is 4.89. The van der Waals surface area contributed by atoms with Crippen LogP contribution in [0.3, 0.4) is 0 Å². The monoisotopic (exact) mass is 305 g/mol. The lowest BCUT2D eigenvalue weighted by molar-refractivity contribution is -0.139. The maximum atomic E-state index is 11.8. The lowest BCUT2D eigenvalue weighted by Gasteiger charge is -2.15. The fourth-order valence-electron chi connectivity index (χ4n) is 1.76. The third-order valence-corrected chi connectivity index (χ3v) is 3.69. The van der Waals surface area contributed by atoms with Crippen molar-refractivity contribution in [1.82, 2.24) is 15.6 Å². The summed E-state index contributed by atoms with van der Waals surface area (Å²) < 4.78 is 0. The van der Waals surface area contributed by atoms with Gasteiger partial charge in [0.2, 0.25) is 0 Å². The van der Waals surface area contributed by atoms with Crippen LogP contribution in [0.25, 0.3) is 0 Å². The molecule has 0 unspecified atom stereocenters. The summed E-state index contributed by atoms with van der Waals surface area (Å²) in [6.45, 7) is 2.14. The molecule has 0 spiro atoms. The van der Waals surface area contributed by atoms with E-state index in [9.17, 15) is 14.7 Å². The molecule has 0 saturated heterocycles. The number of benzene rings is 1. The van der Waals surface area contributed by atoms with Gasteiger partial charge in [0.25, 0.3) is 0 Å². The van der Waals surface area contributed by atoms with E-state index in [1.807, 2.05) is 12.3 Å². The summed E-state index contributed by atoms with van der Waals surface area (Å²) in [6, 6.07) is 6.93. The van der Waals surface area contributed by atoms with E-state index in [1.165, 1.54) is 11.3 Å². The number of amides is 2. The summed E-state index contributed by atoms with van der Waals surface area (Å²) in [5.74, 6) is -1.11. The molecule has 1 aromatic heterocycles. The van der Waals surface area contributed by atoms with Crippen molar-refractivity contribution in [2.75, 3.05) is 0 Å². The molecule has 1 atom stereocenters. The third kappa shape index (κ3) is 4.28. The van der Waals surface area contributed by atoms with Gasteiger partial charge in [-0.1, -0.05) is 30.3 Å². The van der Waals surface area contributed by atoms with Gasteiger partial charge in [-0.3, -0.25) is 0 Å². The number of urea groups is 1. The molecule has 2 aromatic rings. The molecule has 2 rings (SSSR count). The zero-order valence-electron chi connectivity index (χ0n) is 11.4. The summed E-state index contributed by atoms with van der Waals surface area (Å²) in [4.78, 5) is 27.3. The average Bonchev–Trinajstić information content (AvgIpc) is 2.89. The van der Waals surface area contributed by atoms with Crippen LogP contribution in [-0.4, -0.2) is 22.1 Å². The number of rotatable bonds is 5. The minimum absolute atomic E-state index is 0.269. The van der Waals surface area contributed by atoms with E-state index in [0.717, 1.165) is 10.7 Å². The van der Waals surface area contributed by atoms with Crippen molar-refractivity contribution in [3.05, 3.63) is 52.0 Å². The molecule has 0 aliphatic rings. The Balaban J connectivity index is 1.94. The van der Waals surface area contributed by atoms with Gasteiger partial charge < -0.3 is 15.7 Å². The fraction of sp³-hybridized carbons (Fsp3) is 0.214. The van der Waals surface area contributed by atoms with Crippen molar-refractivity contribution in [3.8, 4) is 0 Å². The predicted octanol–water partition coefficient (Wildman–Crippen LogP) is 2.08. The molecule has 0 saturated carbocycles. The second-order valence-corrected chi connectivity index (χ2v) is 5.33. The van der Waals surface area contributed by atoms with Crippen LogP contribution in [-0.2, 0) is 11.3 Å². The summed E-state index contributed by atoms with van der Waals surface area (Å²) in [5.41, 5.74) is 1.41. The van der Waals surface area contributed by atoms with E-state index >= 15 is 0 Å². The largest absolute Gasteiger partial charge is 0.479 e. The van der Waals surface area contributed by atoms with E-state index in [2.05, 4.69) is 15.6 Å². The smallest absolute Gasteiger partial charge is 0.330 e. The Morgan fingerprint density at radius 1 is 1.33 bits per heavy atom. The van der Waals surface area contributed by atoms with Gasteiger partial charge in [0.15, 0.2) is 6.04 Å². The van der Waals surface area contributed by atoms with Gasteiger partial charge in [-0.15, -0.1) is 11.3 Å². The van der Waals surface area contributed by atoms with Gasteiger partial charge >= 0.3 is 12.0 Å². The molecule has 1 aromatic carbocycles. The number of carboxylic acids is 1. The number of nitrogens with one attached hydrogen (secondary N) is 2. The molecule has 21 heavy (non-hydrogen) atoms. The molecule has 0 aliphatic carbocycles. The molecule has 6 nitrogen and oxygen atoms in total. The Labute approximate surface area is 125 Å². The maximum Gasteiger partial charge on any atom is 0.330 e. The van der Waals surface area contributed by atoms with Crippen molar-refractivity contribution < 1.29 is 14.7 Å². The maximum absolute atomic E-state index is 11.8. The highest BCUT2D eigenvalue weighted by atomic mass is 32.1. The Hall–Kier alpha value is -2.41. The molecule has 7 heteroatoms. The molecule has 1 heterocycles. The second kappa shape index (κ2) is 6.85. The van der Waals surface area contributed by atoms with Gasteiger partial charge in [-0.25, -0.2) is 14.6 Å². The minimum Gasteiger partial charge on any atom is -0.479 e. The molecule has 0 radical (unpaired) electrons. The number of thiazole rings is 1. The fourth-order valence-corrected chi connectivity index (χ4v) is 2.47. The van der Waals surface area contributed by atoms with Crippen molar-refractivity contribution in [3.63, 3.8) is 0 Å². The van der Waals surface area contributed by atoms with Crippen LogP contribution in [0.4, 0.5) is 4.79 Å². The highest BCUT2D eigenvalue weighted by Gasteiger charge is 2.21. The number of carboxylic acid groups (broad SMARTS) is 1. The van der Waals surface area contributed by atoms with E-state index in [1.54, 1.807) is 30.3 Å². The Bertz CT molecular complexity index is 627. The number of nitrogens with zero attached hydrogens (tertiary/aromatic N) is 1. The first-order valence-corrected chi connectivity index (χ1v) is 7.17. The average molecular weight is 305 g/mol. The van der Waals surface area contributed by atoms with Crippen LogP contribution in [0.1, 0.15) is 22.3 Å². The molecule has 2 amide bonds. The normalized spacial score (nSPS) is 11.7. The second-order valence-electron chi connectivity index (χ2n) is 4.39. The van der Waals surface area contributed by atoms with Crippen molar-refractivity contribution >= 4 is 23.3 Å². The lowest BCUT2D eigenvalue weighted by atomic mass is 10.1. The van der Waals surface area contributed by atoms with Crippen LogP contribution in [0, 0.1) is 6.92 Å². The van der Waals surface area contributed by atoms with Crippen molar-refractivity contribution in [2.45, 2.75) is 19.5 Å². The standard InChI is InChI=1S/C14H15N3O3S/c1-9-8-21-11(16-9)7-15-14(20)17-12(13(18)19)10-5-3-2-4-6-10/h2-6,8,12H,7H2,1H3,(H,18,19)(H2,15,17,20)/t12-/m0/s1. The summed E-state index contributed by atoms with van der Waals surface area (Å²) >= 11 is 1.44. The van der Waals surface area contributed by atoms with Crippen molar-refractivity contribution in [1.29, 1.82) is 0 Å².